The van der Waals surface area contributed by atoms with Crippen molar-refractivity contribution in [3.63, 3.8) is 0 Å². The van der Waals surface area contributed by atoms with Crippen LogP contribution in [0.3, 0.4) is 0 Å². The normalized spacial score (nSPS) is 22.0. The number of nitro groups is 1. The number of aryl methyl sites for hydroxylation is 1. The van der Waals surface area contributed by atoms with E-state index in [9.17, 15) is 53.1 Å². The standard InChI is InChI=1S/C60H67N8O20P3/c1-60(2,3)55(83-30-37-28-67(56-49(37)58(72)64-59(61)63-56)48-27-45(70)47(85-48)31-84-90(78,79)88-91(80,81)87-89(75,76)77)41-26-46(82-4)32(25-44(41)68(73)74)10-5-17-62-57(71)35-15-16-36(29-69)40(24-35)50-42-22-33-11-6-18-65-20-8-13-38(51(33)65)53(42)86-54-39-14-9-21-66-19-7-12-34(52(39)66)23-43(50)54/h15-16,22-26,28-29,45,47-48,51,55,70H,6-9,11-14,17-21,27,30-31H2,1-4H3,(H,62,71)(H,78,79)(H,80,81)(H2,75,76,77)(H3,61,63,64,72)/t45-,47-,48-,51?,55-/m1/s1. The Morgan fingerprint density at radius 1 is 1.00 bits per heavy atom. The molecule has 9 N–H and O–H groups in total. The van der Waals surface area contributed by atoms with Gasteiger partial charge < -0.3 is 64.1 Å². The van der Waals surface area contributed by atoms with Gasteiger partial charge in [-0.25, -0.2) is 13.7 Å². The van der Waals surface area contributed by atoms with Crippen LogP contribution in [0.15, 0.2) is 75.9 Å². The van der Waals surface area contributed by atoms with Crippen LogP contribution in [0.5, 0.6) is 11.5 Å². The lowest BCUT2D eigenvalue weighted by molar-refractivity contribution is -0.386. The minimum atomic E-state index is -5.85. The van der Waals surface area contributed by atoms with E-state index in [-0.39, 0.29) is 70.7 Å². The summed E-state index contributed by atoms with van der Waals surface area (Å²) in [4.78, 5) is 102. The van der Waals surface area contributed by atoms with Crippen molar-refractivity contribution in [1.82, 2.24) is 24.8 Å². The molecule has 0 bridgehead atoms. The van der Waals surface area contributed by atoms with Crippen molar-refractivity contribution in [2.75, 3.05) is 57.1 Å². The van der Waals surface area contributed by atoms with Crippen LogP contribution < -0.4 is 31.0 Å². The monoisotopic (exact) mass is 1310 g/mol. The van der Waals surface area contributed by atoms with Gasteiger partial charge in [0, 0.05) is 76.4 Å². The van der Waals surface area contributed by atoms with Crippen LogP contribution in [0.2, 0.25) is 0 Å². The number of hydrogen-bond acceptors (Lipinski definition) is 20. The van der Waals surface area contributed by atoms with Gasteiger partial charge in [0.2, 0.25) is 5.95 Å². The highest BCUT2D eigenvalue weighted by molar-refractivity contribution is 7.66. The van der Waals surface area contributed by atoms with Crippen LogP contribution in [0.1, 0.15) is 138 Å². The van der Waals surface area contributed by atoms with Crippen molar-refractivity contribution in [2.45, 2.75) is 116 Å². The number of aromatic nitrogens is 3. The number of phosphoric ester groups is 1. The van der Waals surface area contributed by atoms with E-state index in [0.717, 1.165) is 112 Å². The predicted molar refractivity (Wildman–Crippen MR) is 328 cm³/mol. The van der Waals surface area contributed by atoms with Gasteiger partial charge in [-0.3, -0.25) is 38.9 Å². The Hall–Kier alpha value is -7.15. The number of benzene rings is 3. The lowest BCUT2D eigenvalue weighted by atomic mass is 9.74. The van der Waals surface area contributed by atoms with Crippen molar-refractivity contribution < 1.29 is 85.0 Å². The molecule has 31 heteroatoms. The molecule has 482 valence electrons. The average Bonchev–Trinajstić information content (AvgIpc) is 1.21. The van der Waals surface area contributed by atoms with Gasteiger partial charge in [0.25, 0.3) is 17.2 Å². The first-order chi connectivity index (χ1) is 43.2. The molecule has 3 fully saturated rings. The second-order valence-corrected chi connectivity index (χ2v) is 28.8. The van der Waals surface area contributed by atoms with Crippen molar-refractivity contribution in [1.29, 1.82) is 0 Å². The number of aromatic amines is 1. The molecule has 2 aromatic heterocycles. The number of aldehydes is 1. The Kier molecular flexibility index (Phi) is 17.4. The maximum Gasteiger partial charge on any atom is 0.490 e. The van der Waals surface area contributed by atoms with Crippen LogP contribution in [-0.4, -0.2) is 126 Å². The summed E-state index contributed by atoms with van der Waals surface area (Å²) < 4.78 is 74.3. The highest BCUT2D eigenvalue weighted by Gasteiger charge is 2.46. The average molecular weight is 1310 g/mol. The molecule has 1 aliphatic carbocycles. The molecule has 12 rings (SSSR count). The fourth-order valence-corrected chi connectivity index (χ4v) is 16.8. The molecule has 0 saturated carbocycles. The van der Waals surface area contributed by atoms with Crippen molar-refractivity contribution in [3.05, 3.63) is 142 Å². The fraction of sp³-hybridized carbons (Fsp3) is 0.433. The summed E-state index contributed by atoms with van der Waals surface area (Å²) in [5, 5.41) is 26.8. The van der Waals surface area contributed by atoms with E-state index in [0.29, 0.717) is 16.7 Å². The lowest BCUT2D eigenvalue weighted by Crippen LogP contribution is -2.47. The van der Waals surface area contributed by atoms with Gasteiger partial charge in [0.05, 0.1) is 66.6 Å². The number of carbonyl (C=O) groups is 2. The number of carbonyl (C=O) groups excluding carboxylic acids is 2. The lowest BCUT2D eigenvalue weighted by Gasteiger charge is -2.47. The number of rotatable bonds is 18. The number of aliphatic hydroxyl groups is 1. The summed E-state index contributed by atoms with van der Waals surface area (Å²) in [7, 11) is -15.7. The van der Waals surface area contributed by atoms with Gasteiger partial charge in [-0.2, -0.15) is 13.6 Å². The number of fused-ring (bicyclic) bond motifs is 4. The number of anilines is 2. The number of hydrogen-bond donors (Lipinski definition) is 8. The van der Waals surface area contributed by atoms with Crippen molar-refractivity contribution >= 4 is 69.6 Å². The molecular formula is C60H67N8O20P3. The highest BCUT2D eigenvalue weighted by atomic mass is 31.3. The van der Waals surface area contributed by atoms with Crippen LogP contribution >= 0.6 is 23.5 Å². The minimum Gasteiger partial charge on any atom is -0.495 e. The zero-order valence-corrected chi connectivity index (χ0v) is 52.6. The molecule has 7 atom stereocenters. The van der Waals surface area contributed by atoms with Crippen LogP contribution in [0, 0.1) is 27.4 Å². The maximum absolute atomic E-state index is 14.3. The first-order valence-electron chi connectivity index (χ1n) is 29.6. The third-order valence-electron chi connectivity index (χ3n) is 17.3. The molecule has 91 heavy (non-hydrogen) atoms. The number of nitro benzene ring substituents is 1. The van der Waals surface area contributed by atoms with Gasteiger partial charge >= 0.3 is 23.5 Å². The van der Waals surface area contributed by atoms with Gasteiger partial charge in [0.15, 0.2) is 11.9 Å². The summed E-state index contributed by atoms with van der Waals surface area (Å²) in [6, 6.07) is 10.2. The molecule has 1 amide bonds. The second-order valence-electron chi connectivity index (χ2n) is 24.4. The molecule has 7 aliphatic rings. The number of piperidine rings is 2. The van der Waals surface area contributed by atoms with Crippen molar-refractivity contribution in [3.8, 4) is 23.3 Å². The molecule has 3 aromatic carbocycles. The Morgan fingerprint density at radius 2 is 1.75 bits per heavy atom. The molecule has 8 heterocycles. The quantitative estimate of drug-likeness (QED) is 0.0139. The number of phosphoric acid groups is 3. The number of amides is 1. The Morgan fingerprint density at radius 3 is 2.47 bits per heavy atom. The van der Waals surface area contributed by atoms with Gasteiger partial charge in [-0.05, 0) is 122 Å². The zero-order chi connectivity index (χ0) is 64.6. The number of aliphatic hydroxyl groups excluding tert-OH is 1. The first-order valence-corrected chi connectivity index (χ1v) is 34.1. The summed E-state index contributed by atoms with van der Waals surface area (Å²) in [6.45, 7) is 7.81. The van der Waals surface area contributed by atoms with E-state index in [1.807, 2.05) is 0 Å². The maximum atomic E-state index is 14.3. The van der Waals surface area contributed by atoms with E-state index < -0.39 is 76.4 Å². The second kappa shape index (κ2) is 24.7. The van der Waals surface area contributed by atoms with Crippen LogP contribution in [0.4, 0.5) is 17.3 Å². The number of nitrogens with two attached hydrogens (primary N) is 1. The summed E-state index contributed by atoms with van der Waals surface area (Å²) >= 11 is 0. The SMILES string of the molecule is COc1cc([C@@H](OCc2cn([C@H]3C[C@@H](O)[C@@H](COP(=O)(O)OP(=O)(O)OP(=O)(O)O)O3)c3nc(N)[nH]c(=O)c23)C(C)(C)C)c([N+](=O)[O-])cc1C#CCNC(=O)c1ccc(C=O)c(C2=C3C=C4CCCN5CCCC(=C3Oc3c2cc2c6c3CCCN6CCC2)C45)c1. The van der Waals surface area contributed by atoms with E-state index in [1.54, 1.807) is 39.0 Å². The molecular weight excluding hydrogens is 1250 g/mol. The number of allylic oxidation sites excluding steroid dienone is 1. The Labute approximate surface area is 520 Å². The number of nitrogens with zero attached hydrogens (tertiary/aromatic N) is 5. The molecule has 28 nitrogen and oxygen atoms in total. The Balaban J connectivity index is 0.793. The molecule has 0 spiro atoms. The minimum absolute atomic E-state index is 0.0483. The number of H-pyrrole nitrogens is 1. The zero-order valence-electron chi connectivity index (χ0n) is 49.9. The number of methoxy groups -OCH3 is 1. The van der Waals surface area contributed by atoms with E-state index in [4.69, 9.17) is 39.0 Å². The van der Waals surface area contributed by atoms with E-state index in [1.165, 1.54) is 58.0 Å². The van der Waals surface area contributed by atoms with E-state index in [2.05, 4.69) is 57.7 Å². The predicted octanol–water partition coefficient (Wildman–Crippen LogP) is 7.46. The first kappa shape index (κ1) is 64.0. The van der Waals surface area contributed by atoms with Gasteiger partial charge in [0.1, 0.15) is 29.6 Å². The topological polar surface area (TPSA) is 389 Å². The smallest absolute Gasteiger partial charge is 0.490 e. The molecule has 6 aliphatic heterocycles. The number of ether oxygens (including phenoxy) is 4. The molecule has 5 aromatic rings. The third kappa shape index (κ3) is 12.8. The van der Waals surface area contributed by atoms with E-state index >= 15 is 0 Å². The largest absolute Gasteiger partial charge is 0.495 e. The third-order valence-corrected chi connectivity index (χ3v) is 21.1. The molecule has 3 unspecified atom stereocenters. The van der Waals surface area contributed by atoms with Gasteiger partial charge in [-0.15, -0.1) is 0 Å². The van der Waals surface area contributed by atoms with Crippen LogP contribution in [0.25, 0.3) is 16.6 Å². The Bertz CT molecular complexity index is 4250. The molecule has 3 saturated heterocycles. The van der Waals surface area contributed by atoms with Crippen LogP contribution in [-0.2, 0) is 55.8 Å². The summed E-state index contributed by atoms with van der Waals surface area (Å²) in [5.74, 6) is 6.90. The highest BCUT2D eigenvalue weighted by Crippen LogP contribution is 2.66. The summed E-state index contributed by atoms with van der Waals surface area (Å²) in [5.41, 5.74) is 14.7. The number of nitrogens with one attached hydrogen (secondary N) is 2. The number of nitrogen functional groups attached to an aromatic ring is 1. The summed E-state index contributed by atoms with van der Waals surface area (Å²) in [6.07, 6.45) is 6.79. The van der Waals surface area contributed by atoms with Crippen molar-refractivity contribution in [2.24, 2.45) is 5.41 Å². The molecule has 0 radical (unpaired) electrons. The fourth-order valence-electron chi connectivity index (χ4n) is 13.7. The van der Waals surface area contributed by atoms with Gasteiger partial charge in [-0.1, -0.05) is 38.7 Å².